The summed E-state index contributed by atoms with van der Waals surface area (Å²) in [5, 5.41) is 0.728. The number of benzene rings is 1. The molecule has 6 heteroatoms. The van der Waals surface area contributed by atoms with Crippen LogP contribution in [0.4, 0.5) is 0 Å². The van der Waals surface area contributed by atoms with Crippen LogP contribution in [0.2, 0.25) is 5.02 Å². The minimum atomic E-state index is -0.845. The number of hydrogen-bond acceptors (Lipinski definition) is 4. The zero-order chi connectivity index (χ0) is 20.3. The number of nitrogens with zero attached hydrogens (tertiary/aromatic N) is 1. The van der Waals surface area contributed by atoms with E-state index in [1.165, 1.54) is 5.57 Å². The Labute approximate surface area is 171 Å². The maximum Gasteiger partial charge on any atom is 0.337 e. The van der Waals surface area contributed by atoms with Crippen molar-refractivity contribution in [3.8, 4) is 0 Å². The SMILES string of the molecule is CC(CC[C@H]1OC(C)(C)OC1=O)CC(=O)N1CC=C(c2ccc(Cl)cc2)CC1. The maximum atomic E-state index is 12.6. The third-order valence-corrected chi connectivity index (χ3v) is 5.51. The van der Waals surface area contributed by atoms with Gasteiger partial charge in [-0.1, -0.05) is 36.7 Å². The Morgan fingerprint density at radius 1 is 1.32 bits per heavy atom. The molecule has 0 aromatic heterocycles. The molecule has 1 unspecified atom stereocenters. The van der Waals surface area contributed by atoms with Crippen LogP contribution in [0.15, 0.2) is 30.3 Å². The van der Waals surface area contributed by atoms with Gasteiger partial charge in [-0.25, -0.2) is 4.79 Å². The van der Waals surface area contributed by atoms with Crippen LogP contribution in [-0.4, -0.2) is 41.8 Å². The average Bonchev–Trinajstić information content (AvgIpc) is 2.92. The van der Waals surface area contributed by atoms with Gasteiger partial charge in [-0.3, -0.25) is 4.79 Å². The van der Waals surface area contributed by atoms with Crippen LogP contribution in [-0.2, 0) is 19.1 Å². The Bertz CT molecular complexity index is 756. The Hall–Kier alpha value is -1.85. The molecule has 0 spiro atoms. The summed E-state index contributed by atoms with van der Waals surface area (Å²) >= 11 is 5.95. The van der Waals surface area contributed by atoms with Crippen molar-refractivity contribution < 1.29 is 19.1 Å². The normalized spacial score (nSPS) is 22.6. The van der Waals surface area contributed by atoms with Crippen LogP contribution >= 0.6 is 11.6 Å². The van der Waals surface area contributed by atoms with Gasteiger partial charge in [-0.2, -0.15) is 0 Å². The minimum Gasteiger partial charge on any atom is -0.432 e. The first-order valence-electron chi connectivity index (χ1n) is 9.87. The fourth-order valence-corrected chi connectivity index (χ4v) is 3.81. The van der Waals surface area contributed by atoms with Crippen LogP contribution in [0.5, 0.6) is 0 Å². The lowest BCUT2D eigenvalue weighted by molar-refractivity contribution is -0.161. The molecular weight excluding hydrogens is 378 g/mol. The number of hydrogen-bond donors (Lipinski definition) is 0. The summed E-state index contributed by atoms with van der Waals surface area (Å²) < 4.78 is 10.8. The van der Waals surface area contributed by atoms with Gasteiger partial charge in [-0.15, -0.1) is 0 Å². The van der Waals surface area contributed by atoms with E-state index in [1.54, 1.807) is 13.8 Å². The zero-order valence-electron chi connectivity index (χ0n) is 16.7. The molecule has 0 bridgehead atoms. The Kier molecular flexibility index (Phi) is 6.46. The molecule has 152 valence electrons. The molecule has 1 amide bonds. The lowest BCUT2D eigenvalue weighted by Crippen LogP contribution is -2.35. The molecule has 2 atom stereocenters. The van der Waals surface area contributed by atoms with Crippen molar-refractivity contribution in [2.45, 2.75) is 58.3 Å². The molecular formula is C22H28ClNO4. The van der Waals surface area contributed by atoms with E-state index in [0.29, 0.717) is 19.4 Å². The molecule has 5 nitrogen and oxygen atoms in total. The molecule has 1 aromatic carbocycles. The minimum absolute atomic E-state index is 0.161. The van der Waals surface area contributed by atoms with E-state index in [2.05, 4.69) is 6.08 Å². The van der Waals surface area contributed by atoms with Gasteiger partial charge in [0.1, 0.15) is 0 Å². The molecule has 0 radical (unpaired) electrons. The standard InChI is InChI=1S/C22H28ClNO4/c1-15(4-9-19-21(26)28-22(2,3)27-19)14-20(25)24-12-10-17(11-13-24)16-5-7-18(23)8-6-16/h5-8,10,15,19H,4,9,11-14H2,1-3H3/t15?,19-/m1/s1. The Balaban J connectivity index is 1.45. The van der Waals surface area contributed by atoms with Crippen LogP contribution < -0.4 is 0 Å². The molecule has 2 heterocycles. The van der Waals surface area contributed by atoms with Crippen molar-refractivity contribution in [3.05, 3.63) is 40.9 Å². The highest BCUT2D eigenvalue weighted by atomic mass is 35.5. The van der Waals surface area contributed by atoms with Crippen LogP contribution in [0, 0.1) is 5.92 Å². The number of ether oxygens (including phenoxy) is 2. The molecule has 2 aliphatic heterocycles. The zero-order valence-corrected chi connectivity index (χ0v) is 17.5. The smallest absolute Gasteiger partial charge is 0.337 e. The lowest BCUT2D eigenvalue weighted by Gasteiger charge is -2.28. The molecule has 2 aliphatic rings. The van der Waals surface area contributed by atoms with Crippen LogP contribution in [0.1, 0.15) is 52.0 Å². The summed E-state index contributed by atoms with van der Waals surface area (Å²) in [5.74, 6) is -0.800. The molecule has 0 saturated carbocycles. The van der Waals surface area contributed by atoms with Gasteiger partial charge in [0.05, 0.1) is 0 Å². The molecule has 1 aromatic rings. The van der Waals surface area contributed by atoms with E-state index in [1.807, 2.05) is 36.1 Å². The summed E-state index contributed by atoms with van der Waals surface area (Å²) in [6, 6.07) is 7.82. The predicted octanol–water partition coefficient (Wildman–Crippen LogP) is 4.44. The van der Waals surface area contributed by atoms with Crippen LogP contribution in [0.3, 0.4) is 0 Å². The first-order valence-corrected chi connectivity index (χ1v) is 10.2. The quantitative estimate of drug-likeness (QED) is 0.656. The van der Waals surface area contributed by atoms with E-state index >= 15 is 0 Å². The van der Waals surface area contributed by atoms with Gasteiger partial charge in [0.15, 0.2) is 6.10 Å². The highest BCUT2D eigenvalue weighted by molar-refractivity contribution is 6.30. The molecule has 3 rings (SSSR count). The number of rotatable bonds is 6. The molecule has 1 fully saturated rings. The number of carbonyl (C=O) groups is 2. The molecule has 28 heavy (non-hydrogen) atoms. The third-order valence-electron chi connectivity index (χ3n) is 5.26. The lowest BCUT2D eigenvalue weighted by atomic mass is 9.97. The van der Waals surface area contributed by atoms with Crippen molar-refractivity contribution in [2.24, 2.45) is 5.92 Å². The van der Waals surface area contributed by atoms with E-state index in [4.69, 9.17) is 21.1 Å². The van der Waals surface area contributed by atoms with Crippen molar-refractivity contribution in [1.82, 2.24) is 4.90 Å². The van der Waals surface area contributed by atoms with Crippen molar-refractivity contribution >= 4 is 29.1 Å². The van der Waals surface area contributed by atoms with E-state index < -0.39 is 11.9 Å². The molecule has 0 aliphatic carbocycles. The Morgan fingerprint density at radius 3 is 2.61 bits per heavy atom. The summed E-state index contributed by atoms with van der Waals surface area (Å²) in [5.41, 5.74) is 2.42. The topological polar surface area (TPSA) is 55.8 Å². The molecule has 1 saturated heterocycles. The number of amides is 1. The van der Waals surface area contributed by atoms with Gasteiger partial charge >= 0.3 is 5.97 Å². The van der Waals surface area contributed by atoms with Gasteiger partial charge in [0.2, 0.25) is 11.7 Å². The summed E-state index contributed by atoms with van der Waals surface area (Å²) in [7, 11) is 0. The fraction of sp³-hybridized carbons (Fsp3) is 0.545. The molecule has 0 N–H and O–H groups in total. The van der Waals surface area contributed by atoms with E-state index in [-0.39, 0.29) is 17.8 Å². The second kappa shape index (κ2) is 8.66. The first kappa shape index (κ1) is 20.9. The monoisotopic (exact) mass is 405 g/mol. The largest absolute Gasteiger partial charge is 0.432 e. The van der Waals surface area contributed by atoms with Crippen molar-refractivity contribution in [2.75, 3.05) is 13.1 Å². The van der Waals surface area contributed by atoms with E-state index in [9.17, 15) is 9.59 Å². The van der Waals surface area contributed by atoms with Gasteiger partial charge < -0.3 is 14.4 Å². The van der Waals surface area contributed by atoms with Gasteiger partial charge in [0.25, 0.3) is 0 Å². The number of cyclic esters (lactones) is 1. The number of carbonyl (C=O) groups excluding carboxylic acids is 2. The second-order valence-corrected chi connectivity index (χ2v) is 8.58. The first-order chi connectivity index (χ1) is 13.2. The summed E-state index contributed by atoms with van der Waals surface area (Å²) in [6.45, 7) is 6.88. The number of halogens is 1. The van der Waals surface area contributed by atoms with Crippen LogP contribution in [0.25, 0.3) is 5.57 Å². The third kappa shape index (κ3) is 5.36. The second-order valence-electron chi connectivity index (χ2n) is 8.14. The predicted molar refractivity (Wildman–Crippen MR) is 109 cm³/mol. The summed E-state index contributed by atoms with van der Waals surface area (Å²) in [4.78, 5) is 26.3. The number of esters is 1. The highest BCUT2D eigenvalue weighted by Crippen LogP contribution is 2.28. The van der Waals surface area contributed by atoms with E-state index in [0.717, 1.165) is 30.0 Å². The fourth-order valence-electron chi connectivity index (χ4n) is 3.69. The van der Waals surface area contributed by atoms with Gasteiger partial charge in [-0.05, 0) is 48.4 Å². The Morgan fingerprint density at radius 2 is 2.04 bits per heavy atom. The van der Waals surface area contributed by atoms with Crippen molar-refractivity contribution in [3.63, 3.8) is 0 Å². The van der Waals surface area contributed by atoms with Gasteiger partial charge in [0, 0.05) is 38.4 Å². The average molecular weight is 406 g/mol. The highest BCUT2D eigenvalue weighted by Gasteiger charge is 2.40. The summed E-state index contributed by atoms with van der Waals surface area (Å²) in [6.07, 6.45) is 4.26. The maximum absolute atomic E-state index is 12.6. The van der Waals surface area contributed by atoms with Crippen molar-refractivity contribution in [1.29, 1.82) is 0 Å².